The smallest absolute Gasteiger partial charge is 0.166 e. The molecule has 0 bridgehead atoms. The minimum Gasteiger partial charge on any atom is -0.371 e. The van der Waals surface area contributed by atoms with Gasteiger partial charge in [-0.1, -0.05) is 26.2 Å². The summed E-state index contributed by atoms with van der Waals surface area (Å²) in [6.07, 6.45) is 7.86. The molecule has 2 unspecified atom stereocenters. The van der Waals surface area contributed by atoms with Crippen molar-refractivity contribution >= 4 is 5.78 Å². The zero-order valence-corrected chi connectivity index (χ0v) is 10.1. The van der Waals surface area contributed by atoms with Gasteiger partial charge in [-0.3, -0.25) is 4.79 Å². The maximum Gasteiger partial charge on any atom is 0.166 e. The number of hydrogen-bond donors (Lipinski definition) is 0. The average Bonchev–Trinajstić information content (AvgIpc) is 2.30. The van der Waals surface area contributed by atoms with Crippen molar-refractivity contribution in [2.75, 3.05) is 6.61 Å². The van der Waals surface area contributed by atoms with Crippen LogP contribution in [0.15, 0.2) is 0 Å². The first-order valence-electron chi connectivity index (χ1n) is 6.61. The number of Topliss-reactive ketones (excluding diaryl/α,β-unsaturated/α-hetero) is 1. The molecule has 16 heavy (non-hydrogen) atoms. The highest BCUT2D eigenvalue weighted by Gasteiger charge is 2.42. The van der Waals surface area contributed by atoms with Gasteiger partial charge in [0.25, 0.3) is 0 Å². The molecule has 0 amide bonds. The lowest BCUT2D eigenvalue weighted by atomic mass is 9.89. The second-order valence-corrected chi connectivity index (χ2v) is 4.90. The van der Waals surface area contributed by atoms with Crippen molar-refractivity contribution in [3.8, 4) is 0 Å². The Morgan fingerprint density at radius 2 is 2.00 bits per heavy atom. The SMILES string of the molecule is CCCOC1C(=O)CC1OC1CCCCC1. The summed E-state index contributed by atoms with van der Waals surface area (Å²) in [4.78, 5) is 11.4. The monoisotopic (exact) mass is 226 g/mol. The first kappa shape index (κ1) is 12.1. The standard InChI is InChI=1S/C13H22O3/c1-2-8-15-13-11(14)9-12(13)16-10-6-4-3-5-7-10/h10,12-13H,2-9H2,1H3. The number of hydrogen-bond acceptors (Lipinski definition) is 3. The van der Waals surface area contributed by atoms with E-state index in [9.17, 15) is 4.79 Å². The molecule has 2 atom stereocenters. The Balaban J connectivity index is 1.74. The Morgan fingerprint density at radius 1 is 1.25 bits per heavy atom. The highest BCUT2D eigenvalue weighted by molar-refractivity contribution is 5.90. The molecule has 2 saturated carbocycles. The predicted molar refractivity (Wildman–Crippen MR) is 61.4 cm³/mol. The second-order valence-electron chi connectivity index (χ2n) is 4.90. The van der Waals surface area contributed by atoms with E-state index in [0.29, 0.717) is 19.1 Å². The normalized spacial score (nSPS) is 31.4. The van der Waals surface area contributed by atoms with Gasteiger partial charge in [-0.2, -0.15) is 0 Å². The van der Waals surface area contributed by atoms with Gasteiger partial charge in [-0.05, 0) is 19.3 Å². The lowest BCUT2D eigenvalue weighted by molar-refractivity contribution is -0.175. The third-order valence-electron chi connectivity index (χ3n) is 3.48. The van der Waals surface area contributed by atoms with E-state index in [1.54, 1.807) is 0 Å². The zero-order chi connectivity index (χ0) is 11.4. The summed E-state index contributed by atoms with van der Waals surface area (Å²) >= 11 is 0. The molecule has 2 fully saturated rings. The molecule has 0 N–H and O–H groups in total. The van der Waals surface area contributed by atoms with Crippen molar-refractivity contribution in [2.24, 2.45) is 0 Å². The fourth-order valence-corrected chi connectivity index (χ4v) is 2.48. The highest BCUT2D eigenvalue weighted by Crippen LogP contribution is 2.29. The van der Waals surface area contributed by atoms with E-state index in [0.717, 1.165) is 19.3 Å². The van der Waals surface area contributed by atoms with Crippen LogP contribution in [0.25, 0.3) is 0 Å². The summed E-state index contributed by atoms with van der Waals surface area (Å²) in [7, 11) is 0. The summed E-state index contributed by atoms with van der Waals surface area (Å²) in [6, 6.07) is 0. The summed E-state index contributed by atoms with van der Waals surface area (Å²) in [5.41, 5.74) is 0. The maximum atomic E-state index is 11.4. The van der Waals surface area contributed by atoms with Crippen molar-refractivity contribution in [3.05, 3.63) is 0 Å². The van der Waals surface area contributed by atoms with E-state index in [1.807, 2.05) is 0 Å². The average molecular weight is 226 g/mol. The summed E-state index contributed by atoms with van der Waals surface area (Å²) in [5, 5.41) is 0. The molecule has 0 aromatic rings. The number of ether oxygens (including phenoxy) is 2. The molecule has 0 radical (unpaired) electrons. The van der Waals surface area contributed by atoms with Crippen LogP contribution in [0.3, 0.4) is 0 Å². The van der Waals surface area contributed by atoms with Crippen molar-refractivity contribution in [2.45, 2.75) is 70.2 Å². The molecule has 0 aromatic carbocycles. The van der Waals surface area contributed by atoms with Gasteiger partial charge < -0.3 is 9.47 Å². The van der Waals surface area contributed by atoms with Crippen LogP contribution >= 0.6 is 0 Å². The minimum absolute atomic E-state index is 0.0437. The zero-order valence-electron chi connectivity index (χ0n) is 10.1. The molecule has 0 heterocycles. The molecule has 0 aliphatic heterocycles. The Hall–Kier alpha value is -0.410. The number of ketones is 1. The van der Waals surface area contributed by atoms with E-state index < -0.39 is 0 Å². The predicted octanol–water partition coefficient (Wildman–Crippen LogP) is 2.47. The Morgan fingerprint density at radius 3 is 2.62 bits per heavy atom. The first-order valence-corrected chi connectivity index (χ1v) is 6.61. The van der Waals surface area contributed by atoms with Crippen molar-refractivity contribution in [1.82, 2.24) is 0 Å². The molecule has 2 aliphatic rings. The highest BCUT2D eigenvalue weighted by atomic mass is 16.6. The van der Waals surface area contributed by atoms with Crippen LogP contribution in [0, 0.1) is 0 Å². The van der Waals surface area contributed by atoms with Crippen LogP contribution in [0.4, 0.5) is 0 Å². The van der Waals surface area contributed by atoms with Gasteiger partial charge in [0.15, 0.2) is 5.78 Å². The fraction of sp³-hybridized carbons (Fsp3) is 0.923. The first-order chi connectivity index (χ1) is 7.81. The molecule has 2 rings (SSSR count). The molecule has 0 aromatic heterocycles. The Labute approximate surface area is 97.5 Å². The van der Waals surface area contributed by atoms with Crippen molar-refractivity contribution < 1.29 is 14.3 Å². The van der Waals surface area contributed by atoms with Gasteiger partial charge in [0.05, 0.1) is 12.2 Å². The number of rotatable bonds is 5. The van der Waals surface area contributed by atoms with Gasteiger partial charge in [0.2, 0.25) is 0 Å². The van der Waals surface area contributed by atoms with Crippen molar-refractivity contribution in [1.29, 1.82) is 0 Å². The molecule has 0 spiro atoms. The van der Waals surface area contributed by atoms with Crippen LogP contribution in [-0.2, 0) is 14.3 Å². The van der Waals surface area contributed by atoms with Gasteiger partial charge >= 0.3 is 0 Å². The molecule has 3 nitrogen and oxygen atoms in total. The van der Waals surface area contributed by atoms with E-state index in [4.69, 9.17) is 9.47 Å². The quantitative estimate of drug-likeness (QED) is 0.722. The fourth-order valence-electron chi connectivity index (χ4n) is 2.48. The van der Waals surface area contributed by atoms with Gasteiger partial charge in [-0.25, -0.2) is 0 Å². The third kappa shape index (κ3) is 2.83. The van der Waals surface area contributed by atoms with E-state index in [2.05, 4.69) is 6.92 Å². The summed E-state index contributed by atoms with van der Waals surface area (Å²) in [5.74, 6) is 0.217. The molecular formula is C13H22O3. The molecule has 3 heteroatoms. The van der Waals surface area contributed by atoms with Gasteiger partial charge in [0, 0.05) is 13.0 Å². The van der Waals surface area contributed by atoms with Crippen LogP contribution in [0.1, 0.15) is 51.9 Å². The molecule has 2 aliphatic carbocycles. The topological polar surface area (TPSA) is 35.5 Å². The second kappa shape index (κ2) is 5.78. The lowest BCUT2D eigenvalue weighted by Gasteiger charge is -2.37. The molecule has 0 saturated heterocycles. The Kier molecular flexibility index (Phi) is 4.36. The van der Waals surface area contributed by atoms with Crippen LogP contribution < -0.4 is 0 Å². The maximum absolute atomic E-state index is 11.4. The van der Waals surface area contributed by atoms with Gasteiger partial charge in [-0.15, -0.1) is 0 Å². The number of carbonyl (C=O) groups excluding carboxylic acids is 1. The van der Waals surface area contributed by atoms with Crippen LogP contribution in [0.5, 0.6) is 0 Å². The Bertz CT molecular complexity index is 233. The van der Waals surface area contributed by atoms with Crippen molar-refractivity contribution in [3.63, 3.8) is 0 Å². The van der Waals surface area contributed by atoms with E-state index in [1.165, 1.54) is 19.3 Å². The summed E-state index contributed by atoms with van der Waals surface area (Å²) < 4.78 is 11.5. The third-order valence-corrected chi connectivity index (χ3v) is 3.48. The molecule has 92 valence electrons. The molecular weight excluding hydrogens is 204 g/mol. The van der Waals surface area contributed by atoms with Gasteiger partial charge in [0.1, 0.15) is 6.10 Å². The van der Waals surface area contributed by atoms with Crippen LogP contribution in [0.2, 0.25) is 0 Å². The number of carbonyl (C=O) groups is 1. The summed E-state index contributed by atoms with van der Waals surface area (Å²) in [6.45, 7) is 2.72. The van der Waals surface area contributed by atoms with E-state index >= 15 is 0 Å². The van der Waals surface area contributed by atoms with Crippen LogP contribution in [-0.4, -0.2) is 30.7 Å². The largest absolute Gasteiger partial charge is 0.371 e. The minimum atomic E-state index is -0.262. The van der Waals surface area contributed by atoms with E-state index in [-0.39, 0.29) is 18.0 Å². The lowest BCUT2D eigenvalue weighted by Crippen LogP contribution is -2.52.